The van der Waals surface area contributed by atoms with Crippen LogP contribution in [0.15, 0.2) is 6.20 Å². The highest BCUT2D eigenvalue weighted by molar-refractivity contribution is 7.99. The van der Waals surface area contributed by atoms with Gasteiger partial charge in [0.25, 0.3) is 0 Å². The fraction of sp³-hybridized carbons (Fsp3) is 0.727. The Morgan fingerprint density at radius 1 is 1.44 bits per heavy atom. The first kappa shape index (κ1) is 12.2. The molecular weight excluding hydrogens is 238 g/mol. The third-order valence-corrected chi connectivity index (χ3v) is 4.55. The molecule has 1 aliphatic rings. The van der Waals surface area contributed by atoms with Crippen LogP contribution in [0.2, 0.25) is 0 Å². The fourth-order valence-corrected chi connectivity index (χ4v) is 3.50. The average molecular weight is 257 g/mol. The van der Waals surface area contributed by atoms with E-state index >= 15 is 0 Å². The highest BCUT2D eigenvalue weighted by Crippen LogP contribution is 2.24. The summed E-state index contributed by atoms with van der Waals surface area (Å²) in [5.41, 5.74) is 0. The van der Waals surface area contributed by atoms with Crippen molar-refractivity contribution in [3.63, 3.8) is 0 Å². The number of hydrogen-bond acceptors (Lipinski definition) is 5. The van der Waals surface area contributed by atoms with Crippen molar-refractivity contribution in [3.05, 3.63) is 11.1 Å². The van der Waals surface area contributed by atoms with Gasteiger partial charge in [-0.1, -0.05) is 6.92 Å². The number of hydrogen-bond donors (Lipinski definition) is 1. The van der Waals surface area contributed by atoms with E-state index in [0.29, 0.717) is 0 Å². The van der Waals surface area contributed by atoms with Crippen LogP contribution in [0.25, 0.3) is 0 Å². The molecule has 0 saturated carbocycles. The van der Waals surface area contributed by atoms with Crippen molar-refractivity contribution in [3.8, 4) is 0 Å². The molecule has 16 heavy (non-hydrogen) atoms. The second-order valence-electron chi connectivity index (χ2n) is 3.89. The van der Waals surface area contributed by atoms with Gasteiger partial charge in [0, 0.05) is 42.2 Å². The Hall–Kier alpha value is -0.260. The fourth-order valence-electron chi connectivity index (χ4n) is 1.67. The zero-order chi connectivity index (χ0) is 11.2. The second kappa shape index (κ2) is 6.47. The molecule has 0 bridgehead atoms. The van der Waals surface area contributed by atoms with E-state index in [1.807, 2.05) is 29.3 Å². The van der Waals surface area contributed by atoms with Crippen molar-refractivity contribution in [2.45, 2.75) is 19.9 Å². The Balaban J connectivity index is 1.85. The number of aromatic nitrogens is 1. The maximum atomic E-state index is 4.51. The zero-order valence-electron chi connectivity index (χ0n) is 9.74. The Kier molecular flexibility index (Phi) is 4.93. The first-order chi connectivity index (χ1) is 7.90. The van der Waals surface area contributed by atoms with Gasteiger partial charge in [-0.25, -0.2) is 4.98 Å². The van der Waals surface area contributed by atoms with Gasteiger partial charge in [-0.15, -0.1) is 11.3 Å². The largest absolute Gasteiger partial charge is 0.346 e. The van der Waals surface area contributed by atoms with E-state index in [1.54, 1.807) is 0 Å². The lowest BCUT2D eigenvalue weighted by Crippen LogP contribution is -2.32. The lowest BCUT2D eigenvalue weighted by molar-refractivity contribution is 0.681. The van der Waals surface area contributed by atoms with Gasteiger partial charge in [-0.05, 0) is 13.0 Å². The van der Waals surface area contributed by atoms with Crippen LogP contribution in [0.5, 0.6) is 0 Å². The van der Waals surface area contributed by atoms with Gasteiger partial charge in [-0.2, -0.15) is 11.8 Å². The van der Waals surface area contributed by atoms with E-state index in [-0.39, 0.29) is 0 Å². The molecule has 0 atom stereocenters. The lowest BCUT2D eigenvalue weighted by Gasteiger charge is -2.25. The van der Waals surface area contributed by atoms with Gasteiger partial charge < -0.3 is 10.2 Å². The molecule has 0 radical (unpaired) electrons. The van der Waals surface area contributed by atoms with Crippen LogP contribution >= 0.6 is 23.1 Å². The van der Waals surface area contributed by atoms with E-state index in [9.17, 15) is 0 Å². The van der Waals surface area contributed by atoms with Crippen molar-refractivity contribution in [1.29, 1.82) is 0 Å². The molecule has 3 nitrogen and oxygen atoms in total. The summed E-state index contributed by atoms with van der Waals surface area (Å²) in [7, 11) is 0. The maximum Gasteiger partial charge on any atom is 0.185 e. The van der Waals surface area contributed by atoms with E-state index < -0.39 is 0 Å². The van der Waals surface area contributed by atoms with Crippen LogP contribution in [0.4, 0.5) is 5.13 Å². The highest BCUT2D eigenvalue weighted by Gasteiger charge is 2.14. The molecule has 0 unspecified atom stereocenters. The molecule has 1 fully saturated rings. The van der Waals surface area contributed by atoms with Crippen LogP contribution in [0.3, 0.4) is 0 Å². The molecule has 90 valence electrons. The van der Waals surface area contributed by atoms with Crippen molar-refractivity contribution in [2.75, 3.05) is 36.0 Å². The molecule has 1 aliphatic heterocycles. The van der Waals surface area contributed by atoms with Crippen molar-refractivity contribution < 1.29 is 0 Å². The van der Waals surface area contributed by atoms with Crippen LogP contribution in [-0.4, -0.2) is 36.1 Å². The summed E-state index contributed by atoms with van der Waals surface area (Å²) < 4.78 is 0. The minimum atomic E-state index is 0.966. The molecule has 1 N–H and O–H groups in total. The molecule has 5 heteroatoms. The van der Waals surface area contributed by atoms with Gasteiger partial charge in [0.15, 0.2) is 5.13 Å². The Morgan fingerprint density at radius 2 is 2.25 bits per heavy atom. The molecular formula is C11H19N3S2. The maximum absolute atomic E-state index is 4.51. The van der Waals surface area contributed by atoms with E-state index in [2.05, 4.69) is 22.1 Å². The zero-order valence-corrected chi connectivity index (χ0v) is 11.4. The first-order valence-corrected chi connectivity index (χ1v) is 7.85. The average Bonchev–Trinajstić information content (AvgIpc) is 2.79. The van der Waals surface area contributed by atoms with Gasteiger partial charge >= 0.3 is 0 Å². The first-order valence-electron chi connectivity index (χ1n) is 5.88. The van der Waals surface area contributed by atoms with Crippen molar-refractivity contribution >= 4 is 28.2 Å². The van der Waals surface area contributed by atoms with Crippen LogP contribution in [-0.2, 0) is 6.54 Å². The van der Waals surface area contributed by atoms with E-state index in [0.717, 1.165) is 26.2 Å². The van der Waals surface area contributed by atoms with Gasteiger partial charge in [0.2, 0.25) is 0 Å². The molecule has 0 spiro atoms. The standard InChI is InChI=1S/C11H19N3S2/c1-2-3-12-8-10-9-13-11(16-10)14-4-6-15-7-5-14/h9,12H,2-8H2,1H3. The molecule has 2 heterocycles. The Bertz CT molecular complexity index is 308. The molecule has 2 rings (SSSR count). The lowest BCUT2D eigenvalue weighted by atomic mass is 10.4. The highest BCUT2D eigenvalue weighted by atomic mass is 32.2. The number of thiazole rings is 1. The second-order valence-corrected chi connectivity index (χ2v) is 6.20. The summed E-state index contributed by atoms with van der Waals surface area (Å²) in [5.74, 6) is 2.48. The number of nitrogens with one attached hydrogen (secondary N) is 1. The smallest absolute Gasteiger partial charge is 0.185 e. The number of anilines is 1. The summed E-state index contributed by atoms with van der Waals surface area (Å²) in [6.45, 7) is 6.55. The molecule has 1 aromatic heterocycles. The van der Waals surface area contributed by atoms with Crippen LogP contribution in [0.1, 0.15) is 18.2 Å². The predicted molar refractivity (Wildman–Crippen MR) is 73.6 cm³/mol. The van der Waals surface area contributed by atoms with E-state index in [4.69, 9.17) is 0 Å². The minimum absolute atomic E-state index is 0.966. The van der Waals surface area contributed by atoms with Crippen molar-refractivity contribution in [2.24, 2.45) is 0 Å². The van der Waals surface area contributed by atoms with Gasteiger partial charge in [0.1, 0.15) is 0 Å². The van der Waals surface area contributed by atoms with Crippen molar-refractivity contribution in [1.82, 2.24) is 10.3 Å². The van der Waals surface area contributed by atoms with Gasteiger partial charge in [-0.3, -0.25) is 0 Å². The number of nitrogens with zero attached hydrogens (tertiary/aromatic N) is 2. The molecule has 0 aromatic carbocycles. The molecule has 0 aliphatic carbocycles. The minimum Gasteiger partial charge on any atom is -0.346 e. The number of thioether (sulfide) groups is 1. The Labute approximate surface area is 106 Å². The molecule has 1 saturated heterocycles. The summed E-state index contributed by atoms with van der Waals surface area (Å²) >= 11 is 3.87. The molecule has 1 aromatic rings. The molecule has 0 amide bonds. The monoisotopic (exact) mass is 257 g/mol. The number of rotatable bonds is 5. The summed E-state index contributed by atoms with van der Waals surface area (Å²) in [5, 5.41) is 4.62. The third-order valence-electron chi connectivity index (χ3n) is 2.55. The van der Waals surface area contributed by atoms with Crippen LogP contribution in [0, 0.1) is 0 Å². The summed E-state index contributed by atoms with van der Waals surface area (Å²) in [6.07, 6.45) is 3.21. The summed E-state index contributed by atoms with van der Waals surface area (Å²) in [6, 6.07) is 0. The normalized spacial score (nSPS) is 16.7. The summed E-state index contributed by atoms with van der Waals surface area (Å²) in [4.78, 5) is 8.27. The predicted octanol–water partition coefficient (Wildman–Crippen LogP) is 2.20. The quantitative estimate of drug-likeness (QED) is 0.819. The van der Waals surface area contributed by atoms with Crippen LogP contribution < -0.4 is 10.2 Å². The third kappa shape index (κ3) is 3.37. The van der Waals surface area contributed by atoms with Gasteiger partial charge in [0.05, 0.1) is 0 Å². The SMILES string of the molecule is CCCNCc1cnc(N2CCSCC2)s1. The topological polar surface area (TPSA) is 28.2 Å². The Morgan fingerprint density at radius 3 is 3.00 bits per heavy atom. The van der Waals surface area contributed by atoms with E-state index in [1.165, 1.54) is 27.9 Å².